The summed E-state index contributed by atoms with van der Waals surface area (Å²) in [5.74, 6) is -2.29. The second-order valence-electron chi connectivity index (χ2n) is 8.28. The number of phenols is 2. The second kappa shape index (κ2) is 12.7. The molecular weight excluding hydrogens is 496 g/mol. The topological polar surface area (TPSA) is 162 Å². The zero-order valence-electron chi connectivity index (χ0n) is 19.7. The maximum atomic E-state index is 12.9. The Kier molecular flexibility index (Phi) is 9.71. The summed E-state index contributed by atoms with van der Waals surface area (Å²) in [5, 5.41) is 42.6. The van der Waals surface area contributed by atoms with Gasteiger partial charge in [-0.05, 0) is 18.6 Å². The van der Waals surface area contributed by atoms with Crippen molar-refractivity contribution >= 4 is 29.2 Å². The Morgan fingerprint density at radius 1 is 1.22 bits per heavy atom. The lowest BCUT2D eigenvalue weighted by atomic mass is 9.99. The molecule has 1 fully saturated rings. The SMILES string of the molecule is C[C@@H]1C[C@H]2O[C@@H]2\C=C/C=C/C(=N\OCC(=O)N(CCO)CCO)Cc2c(Cl)c(O)cc(O)c2C(=O)O1. The molecule has 4 N–H and O–H groups in total. The molecule has 1 saturated heterocycles. The van der Waals surface area contributed by atoms with Crippen molar-refractivity contribution in [1.82, 2.24) is 4.90 Å². The monoisotopic (exact) mass is 524 g/mol. The number of ether oxygens (including phenoxy) is 2. The quantitative estimate of drug-likeness (QED) is 0.234. The van der Waals surface area contributed by atoms with Crippen molar-refractivity contribution in [1.29, 1.82) is 0 Å². The number of hydrogen-bond acceptors (Lipinski definition) is 10. The van der Waals surface area contributed by atoms with E-state index in [0.717, 1.165) is 6.07 Å². The van der Waals surface area contributed by atoms with E-state index in [-0.39, 0.29) is 66.8 Å². The smallest absolute Gasteiger partial charge is 0.342 e. The van der Waals surface area contributed by atoms with Gasteiger partial charge in [-0.15, -0.1) is 0 Å². The van der Waals surface area contributed by atoms with Crippen molar-refractivity contribution in [3.8, 4) is 11.5 Å². The first-order valence-corrected chi connectivity index (χ1v) is 11.8. The predicted molar refractivity (Wildman–Crippen MR) is 129 cm³/mol. The molecule has 2 aliphatic rings. The number of esters is 1. The van der Waals surface area contributed by atoms with Crippen LogP contribution in [0, 0.1) is 0 Å². The van der Waals surface area contributed by atoms with E-state index >= 15 is 0 Å². The molecule has 0 unspecified atom stereocenters. The lowest BCUT2D eigenvalue weighted by Gasteiger charge is -2.19. The summed E-state index contributed by atoms with van der Waals surface area (Å²) in [7, 11) is 0. The van der Waals surface area contributed by atoms with Gasteiger partial charge in [0.05, 0.1) is 30.1 Å². The van der Waals surface area contributed by atoms with E-state index in [1.807, 2.05) is 6.08 Å². The Balaban J connectivity index is 1.91. The summed E-state index contributed by atoms with van der Waals surface area (Å²) >= 11 is 6.30. The zero-order chi connectivity index (χ0) is 26.2. The van der Waals surface area contributed by atoms with Gasteiger partial charge in [-0.25, -0.2) is 4.79 Å². The van der Waals surface area contributed by atoms with Crippen molar-refractivity contribution in [3.05, 3.63) is 46.5 Å². The summed E-state index contributed by atoms with van der Waals surface area (Å²) in [6, 6.07) is 0.956. The van der Waals surface area contributed by atoms with Crippen LogP contribution in [0.1, 0.15) is 29.3 Å². The van der Waals surface area contributed by atoms with Gasteiger partial charge in [-0.2, -0.15) is 0 Å². The Labute approximate surface area is 212 Å². The maximum absolute atomic E-state index is 12.9. The molecule has 3 atom stereocenters. The molecule has 0 saturated carbocycles. The Hall–Kier alpha value is -3.12. The molecule has 0 aromatic heterocycles. The lowest BCUT2D eigenvalue weighted by Crippen LogP contribution is -2.38. The van der Waals surface area contributed by atoms with Gasteiger partial charge in [0.15, 0.2) is 6.61 Å². The summed E-state index contributed by atoms with van der Waals surface area (Å²) in [6.45, 7) is 0.720. The number of aromatic hydroxyl groups is 2. The van der Waals surface area contributed by atoms with E-state index in [4.69, 9.17) is 36.1 Å². The molecule has 1 aromatic rings. The lowest BCUT2D eigenvalue weighted by molar-refractivity contribution is -0.137. The number of cyclic esters (lactones) is 1. The first-order valence-electron chi connectivity index (χ1n) is 11.4. The molecule has 196 valence electrons. The highest BCUT2D eigenvalue weighted by molar-refractivity contribution is 6.33. The number of allylic oxidation sites excluding steroid dienone is 3. The van der Waals surface area contributed by atoms with Crippen molar-refractivity contribution in [2.75, 3.05) is 32.9 Å². The highest BCUT2D eigenvalue weighted by Gasteiger charge is 2.38. The third kappa shape index (κ3) is 7.20. The number of epoxide rings is 1. The van der Waals surface area contributed by atoms with Gasteiger partial charge in [0.25, 0.3) is 5.91 Å². The largest absolute Gasteiger partial charge is 0.507 e. The number of amides is 1. The molecule has 0 aliphatic carbocycles. The van der Waals surface area contributed by atoms with Crippen LogP contribution in [-0.4, -0.2) is 94.1 Å². The van der Waals surface area contributed by atoms with E-state index in [0.29, 0.717) is 6.42 Å². The van der Waals surface area contributed by atoms with Gasteiger partial charge in [0.2, 0.25) is 0 Å². The van der Waals surface area contributed by atoms with Gasteiger partial charge < -0.3 is 39.6 Å². The van der Waals surface area contributed by atoms with Crippen LogP contribution in [0.2, 0.25) is 5.02 Å². The minimum Gasteiger partial charge on any atom is -0.507 e. The highest BCUT2D eigenvalue weighted by atomic mass is 35.5. The van der Waals surface area contributed by atoms with Crippen molar-refractivity contribution in [2.24, 2.45) is 5.16 Å². The minimum absolute atomic E-state index is 0.0241. The molecule has 36 heavy (non-hydrogen) atoms. The van der Waals surface area contributed by atoms with Crippen LogP contribution >= 0.6 is 11.6 Å². The number of hydrogen-bond donors (Lipinski definition) is 4. The molecule has 3 rings (SSSR count). The van der Waals surface area contributed by atoms with Gasteiger partial charge in [0, 0.05) is 32.0 Å². The van der Waals surface area contributed by atoms with Crippen LogP contribution in [0.25, 0.3) is 0 Å². The van der Waals surface area contributed by atoms with Crippen molar-refractivity contribution in [3.63, 3.8) is 0 Å². The molecule has 0 spiro atoms. The van der Waals surface area contributed by atoms with Crippen LogP contribution in [0.15, 0.2) is 35.5 Å². The van der Waals surface area contributed by atoms with E-state index < -0.39 is 36.1 Å². The average molecular weight is 525 g/mol. The van der Waals surface area contributed by atoms with E-state index in [1.54, 1.807) is 25.2 Å². The minimum atomic E-state index is -0.829. The second-order valence-corrected chi connectivity index (χ2v) is 8.66. The number of aliphatic hydroxyl groups excluding tert-OH is 2. The van der Waals surface area contributed by atoms with Crippen LogP contribution in [0.4, 0.5) is 0 Å². The first kappa shape index (κ1) is 27.5. The Morgan fingerprint density at radius 2 is 1.94 bits per heavy atom. The van der Waals surface area contributed by atoms with Crippen molar-refractivity contribution < 1.29 is 44.3 Å². The molecular formula is C24H29ClN2O9. The molecule has 12 heteroatoms. The fraction of sp³-hybridized carbons (Fsp3) is 0.458. The molecule has 2 aliphatic heterocycles. The standard InChI is InChI=1S/C24H29ClN2O9/c1-14-10-20-19(36-20)5-3-2-4-15(26-34-13-21(32)27(6-8-28)7-9-29)11-16-22(24(33)35-14)17(30)12-18(31)23(16)25/h2-5,12,14,19-20,28-31H,6-11,13H2,1H3/b4-2+,5-3-,26-15+/t14-,19-,20-/m1/s1. The van der Waals surface area contributed by atoms with Crippen LogP contribution in [0.5, 0.6) is 11.5 Å². The van der Waals surface area contributed by atoms with E-state index in [2.05, 4.69) is 5.16 Å². The molecule has 0 bridgehead atoms. The Morgan fingerprint density at radius 3 is 2.64 bits per heavy atom. The maximum Gasteiger partial charge on any atom is 0.342 e. The normalized spacial score (nSPS) is 24.6. The number of carbonyl (C=O) groups is 2. The van der Waals surface area contributed by atoms with Crippen molar-refractivity contribution in [2.45, 2.75) is 38.1 Å². The zero-order valence-corrected chi connectivity index (χ0v) is 20.4. The number of aliphatic hydroxyl groups is 2. The summed E-state index contributed by atoms with van der Waals surface area (Å²) in [6.07, 6.45) is 6.37. The molecule has 0 radical (unpaired) electrons. The summed E-state index contributed by atoms with van der Waals surface area (Å²) in [4.78, 5) is 31.7. The van der Waals surface area contributed by atoms with Gasteiger partial charge >= 0.3 is 5.97 Å². The summed E-state index contributed by atoms with van der Waals surface area (Å²) in [5.41, 5.74) is 0.0517. The molecule has 11 nitrogen and oxygen atoms in total. The average Bonchev–Trinajstić information content (AvgIpc) is 3.55. The van der Waals surface area contributed by atoms with Gasteiger partial charge in [-0.3, -0.25) is 4.79 Å². The number of halogens is 1. The third-order valence-corrected chi connectivity index (χ3v) is 5.96. The van der Waals surface area contributed by atoms with E-state index in [1.165, 1.54) is 4.90 Å². The first-order chi connectivity index (χ1) is 17.2. The number of phenolic OH excluding ortho intramolecular Hbond substituents is 2. The third-order valence-electron chi connectivity index (χ3n) is 5.54. The Bertz CT molecular complexity index is 1050. The number of nitrogens with zero attached hydrogens (tertiary/aromatic N) is 2. The predicted octanol–water partition coefficient (Wildman–Crippen LogP) is 1.31. The van der Waals surface area contributed by atoms with Crippen LogP contribution in [0.3, 0.4) is 0 Å². The summed E-state index contributed by atoms with van der Waals surface area (Å²) < 4.78 is 11.0. The van der Waals surface area contributed by atoms with E-state index in [9.17, 15) is 19.8 Å². The van der Waals surface area contributed by atoms with Crippen LogP contribution < -0.4 is 0 Å². The number of oxime groups is 1. The number of fused-ring (bicyclic) bond motifs is 2. The fourth-order valence-corrected chi connectivity index (χ4v) is 3.93. The number of benzene rings is 1. The van der Waals surface area contributed by atoms with Crippen LogP contribution in [-0.2, 0) is 25.5 Å². The molecule has 1 aromatic carbocycles. The van der Waals surface area contributed by atoms with Gasteiger partial charge in [0.1, 0.15) is 29.3 Å². The number of carbonyl (C=O) groups excluding carboxylic acids is 2. The molecule has 1 amide bonds. The molecule has 2 heterocycles. The van der Waals surface area contributed by atoms with Gasteiger partial charge in [-0.1, -0.05) is 35.0 Å². The fourth-order valence-electron chi connectivity index (χ4n) is 3.72. The highest BCUT2D eigenvalue weighted by Crippen LogP contribution is 2.38. The number of rotatable bonds is 7.